The number of likely N-dealkylation sites (tertiary alicyclic amines) is 1. The van der Waals surface area contributed by atoms with Crippen LogP contribution in [0.5, 0.6) is 0 Å². The summed E-state index contributed by atoms with van der Waals surface area (Å²) in [4.78, 5) is 32.9. The largest absolute Gasteiger partial charge is 0.383 e. The van der Waals surface area contributed by atoms with Gasteiger partial charge in [0.05, 0.1) is 30.2 Å². The van der Waals surface area contributed by atoms with Crippen LogP contribution in [0.2, 0.25) is 0 Å². The van der Waals surface area contributed by atoms with Crippen LogP contribution in [0.25, 0.3) is 0 Å². The zero-order valence-corrected chi connectivity index (χ0v) is 17.3. The van der Waals surface area contributed by atoms with Crippen molar-refractivity contribution >= 4 is 17.5 Å². The highest BCUT2D eigenvalue weighted by molar-refractivity contribution is 5.98. The van der Waals surface area contributed by atoms with E-state index in [4.69, 9.17) is 4.74 Å². The molecule has 3 aliphatic heterocycles. The van der Waals surface area contributed by atoms with Gasteiger partial charge >= 0.3 is 0 Å². The summed E-state index contributed by atoms with van der Waals surface area (Å²) in [7, 11) is 3.71. The highest BCUT2D eigenvalue weighted by atomic mass is 16.5. The van der Waals surface area contributed by atoms with Crippen LogP contribution in [0.15, 0.2) is 30.3 Å². The number of fused-ring (bicyclic) bond motifs is 1. The number of carbonyl (C=O) groups excluding carboxylic acids is 2. The minimum absolute atomic E-state index is 0.0509. The molecule has 2 amide bonds. The lowest BCUT2D eigenvalue weighted by Crippen LogP contribution is -2.59. The van der Waals surface area contributed by atoms with Gasteiger partial charge < -0.3 is 14.5 Å². The van der Waals surface area contributed by atoms with Gasteiger partial charge in [0, 0.05) is 52.9 Å². The van der Waals surface area contributed by atoms with Crippen LogP contribution in [0, 0.1) is 11.8 Å². The van der Waals surface area contributed by atoms with E-state index in [1.165, 1.54) is 0 Å². The van der Waals surface area contributed by atoms with Gasteiger partial charge in [-0.25, -0.2) is 10.4 Å². The predicted molar refractivity (Wildman–Crippen MR) is 110 cm³/mol. The average molecular weight is 402 g/mol. The lowest BCUT2D eigenvalue weighted by Gasteiger charge is -2.41. The quantitative estimate of drug-likeness (QED) is 0.742. The van der Waals surface area contributed by atoms with Crippen molar-refractivity contribution in [3.8, 4) is 0 Å². The topological polar surface area (TPSA) is 68.4 Å². The van der Waals surface area contributed by atoms with Gasteiger partial charge in [-0.15, -0.1) is 0 Å². The summed E-state index contributed by atoms with van der Waals surface area (Å²) < 4.78 is 5.16. The third-order valence-electron chi connectivity index (χ3n) is 6.33. The summed E-state index contributed by atoms with van der Waals surface area (Å²) in [6.07, 6.45) is 0. The molecule has 3 heterocycles. The van der Waals surface area contributed by atoms with Crippen molar-refractivity contribution in [3.63, 3.8) is 0 Å². The number of piperazine rings is 1. The molecular weight excluding hydrogens is 370 g/mol. The van der Waals surface area contributed by atoms with Gasteiger partial charge in [-0.1, -0.05) is 18.2 Å². The van der Waals surface area contributed by atoms with E-state index in [1.54, 1.807) is 12.1 Å². The van der Waals surface area contributed by atoms with Gasteiger partial charge in [-0.05, 0) is 19.2 Å². The smallest absolute Gasteiger partial charge is 0.247 e. The van der Waals surface area contributed by atoms with Crippen molar-refractivity contribution < 1.29 is 14.3 Å². The maximum atomic E-state index is 13.4. The number of piperidine rings is 1. The van der Waals surface area contributed by atoms with Gasteiger partial charge in [-0.2, -0.15) is 0 Å². The van der Waals surface area contributed by atoms with Crippen molar-refractivity contribution in [1.29, 1.82) is 0 Å². The number of nitrogens with zero attached hydrogens (tertiary/aromatic N) is 4. The van der Waals surface area contributed by atoms with E-state index in [9.17, 15) is 9.59 Å². The van der Waals surface area contributed by atoms with Crippen LogP contribution < -0.4 is 10.4 Å². The first-order chi connectivity index (χ1) is 14.1. The van der Waals surface area contributed by atoms with Crippen LogP contribution in [0.3, 0.4) is 0 Å². The minimum atomic E-state index is -0.220. The first-order valence-electron chi connectivity index (χ1n) is 10.4. The van der Waals surface area contributed by atoms with Crippen LogP contribution in [0.1, 0.15) is 0 Å². The number of para-hydroxylation sites is 1. The van der Waals surface area contributed by atoms with Crippen molar-refractivity contribution in [3.05, 3.63) is 30.3 Å². The molecule has 3 saturated heterocycles. The van der Waals surface area contributed by atoms with Crippen molar-refractivity contribution in [2.75, 3.05) is 71.6 Å². The number of ether oxygens (including phenoxy) is 1. The molecule has 3 fully saturated rings. The lowest BCUT2D eigenvalue weighted by atomic mass is 9.84. The van der Waals surface area contributed by atoms with E-state index in [2.05, 4.69) is 15.2 Å². The van der Waals surface area contributed by atoms with Crippen LogP contribution in [-0.4, -0.2) is 99.1 Å². The summed E-state index contributed by atoms with van der Waals surface area (Å²) >= 11 is 0. The zero-order chi connectivity index (χ0) is 20.4. The van der Waals surface area contributed by atoms with Gasteiger partial charge in [0.25, 0.3) is 0 Å². The Labute approximate surface area is 172 Å². The fourth-order valence-corrected chi connectivity index (χ4v) is 4.70. The number of carbonyl (C=O) groups is 2. The highest BCUT2D eigenvalue weighted by Crippen LogP contribution is 2.32. The van der Waals surface area contributed by atoms with E-state index in [0.29, 0.717) is 19.7 Å². The third kappa shape index (κ3) is 4.16. The van der Waals surface area contributed by atoms with E-state index >= 15 is 0 Å². The Balaban J connectivity index is 1.45. The second-order valence-corrected chi connectivity index (χ2v) is 8.26. The molecule has 4 rings (SSSR count). The summed E-state index contributed by atoms with van der Waals surface area (Å²) in [5.41, 5.74) is 4.20. The number of hydrogen-bond donors (Lipinski definition) is 1. The molecule has 158 valence electrons. The normalized spacial score (nSPS) is 28.6. The second-order valence-electron chi connectivity index (χ2n) is 8.26. The highest BCUT2D eigenvalue weighted by Gasteiger charge is 2.51. The Morgan fingerprint density at radius 1 is 1.14 bits per heavy atom. The fraction of sp³-hybridized carbons (Fsp3) is 0.619. The average Bonchev–Trinajstić information content (AvgIpc) is 3.08. The fourth-order valence-electron chi connectivity index (χ4n) is 4.70. The summed E-state index contributed by atoms with van der Waals surface area (Å²) in [5.74, 6) is -0.212. The van der Waals surface area contributed by atoms with Crippen LogP contribution in [-0.2, 0) is 14.3 Å². The van der Waals surface area contributed by atoms with Crippen molar-refractivity contribution in [1.82, 2.24) is 20.1 Å². The number of benzene rings is 1. The van der Waals surface area contributed by atoms with Gasteiger partial charge in [-0.3, -0.25) is 14.5 Å². The number of amides is 2. The molecule has 0 aromatic heterocycles. The van der Waals surface area contributed by atoms with E-state index in [0.717, 1.165) is 38.4 Å². The molecule has 0 spiro atoms. The standard InChI is InChI=1S/C21H31N5O3/c1-23-14-17(20(27)25-10-8-24(9-11-25)12-13-29-2)19-18(15-23)21(28)26(22-19)16-6-4-3-5-7-16/h3-7,17-19,22H,8-15H2,1-2H3. The van der Waals surface area contributed by atoms with E-state index in [1.807, 2.05) is 42.3 Å². The molecule has 0 saturated carbocycles. The monoisotopic (exact) mass is 401 g/mol. The Hall–Kier alpha value is -2.00. The van der Waals surface area contributed by atoms with Crippen molar-refractivity contribution in [2.45, 2.75) is 6.04 Å². The molecule has 0 bridgehead atoms. The zero-order valence-electron chi connectivity index (χ0n) is 17.3. The number of anilines is 1. The molecule has 1 aromatic carbocycles. The molecule has 0 aliphatic carbocycles. The molecule has 8 heteroatoms. The summed E-state index contributed by atoms with van der Waals surface area (Å²) in [6, 6.07) is 9.46. The van der Waals surface area contributed by atoms with Crippen LogP contribution >= 0.6 is 0 Å². The maximum absolute atomic E-state index is 13.4. The third-order valence-corrected chi connectivity index (χ3v) is 6.33. The number of hydrazine groups is 1. The first kappa shape index (κ1) is 20.3. The molecule has 1 aromatic rings. The molecule has 3 unspecified atom stereocenters. The molecule has 3 atom stereocenters. The number of hydrogen-bond acceptors (Lipinski definition) is 6. The maximum Gasteiger partial charge on any atom is 0.247 e. The molecular formula is C21H31N5O3. The van der Waals surface area contributed by atoms with Gasteiger partial charge in [0.15, 0.2) is 0 Å². The molecule has 8 nitrogen and oxygen atoms in total. The number of rotatable bonds is 5. The van der Waals surface area contributed by atoms with E-state index < -0.39 is 0 Å². The molecule has 3 aliphatic rings. The predicted octanol–water partition coefficient (Wildman–Crippen LogP) is -0.125. The van der Waals surface area contributed by atoms with E-state index in [-0.39, 0.29) is 29.7 Å². The second kappa shape index (κ2) is 8.79. The number of methoxy groups -OCH3 is 1. The lowest BCUT2D eigenvalue weighted by molar-refractivity contribution is -0.141. The molecule has 29 heavy (non-hydrogen) atoms. The molecule has 1 N–H and O–H groups in total. The first-order valence-corrected chi connectivity index (χ1v) is 10.4. The van der Waals surface area contributed by atoms with Gasteiger partial charge in [0.1, 0.15) is 0 Å². The minimum Gasteiger partial charge on any atom is -0.383 e. The number of nitrogens with one attached hydrogen (secondary N) is 1. The van der Waals surface area contributed by atoms with Crippen LogP contribution in [0.4, 0.5) is 5.69 Å². The Bertz CT molecular complexity index is 722. The Morgan fingerprint density at radius 3 is 2.55 bits per heavy atom. The Kier molecular flexibility index (Phi) is 6.15. The summed E-state index contributed by atoms with van der Waals surface area (Å²) in [6.45, 7) is 6.17. The SMILES string of the molecule is COCCN1CCN(C(=O)C2CN(C)CC3C(=O)N(c4ccccc4)NC23)CC1. The van der Waals surface area contributed by atoms with Crippen molar-refractivity contribution in [2.24, 2.45) is 11.8 Å². The summed E-state index contributed by atoms with van der Waals surface area (Å²) in [5, 5.41) is 1.64. The molecule has 0 radical (unpaired) electrons. The van der Waals surface area contributed by atoms with Gasteiger partial charge in [0.2, 0.25) is 11.8 Å². The Morgan fingerprint density at radius 2 is 1.86 bits per heavy atom.